The van der Waals surface area contributed by atoms with Crippen LogP contribution in [0.4, 0.5) is 0 Å². The van der Waals surface area contributed by atoms with Gasteiger partial charge in [-0.3, -0.25) is 9.69 Å². The third-order valence-electron chi connectivity index (χ3n) is 2.86. The second kappa shape index (κ2) is 6.14. The fourth-order valence-corrected chi connectivity index (χ4v) is 2.19. The highest BCUT2D eigenvalue weighted by Crippen LogP contribution is 2.19. The number of aliphatic hydroxyl groups is 1. The molecule has 1 fully saturated rings. The Labute approximate surface area is 86.1 Å². The summed E-state index contributed by atoms with van der Waals surface area (Å²) >= 11 is 0. The van der Waals surface area contributed by atoms with Crippen molar-refractivity contribution < 1.29 is 9.90 Å². The van der Waals surface area contributed by atoms with E-state index in [0.717, 1.165) is 38.6 Å². The van der Waals surface area contributed by atoms with E-state index in [-0.39, 0.29) is 12.6 Å². The molecule has 1 unspecified atom stereocenters. The minimum Gasteiger partial charge on any atom is -0.395 e. The summed E-state index contributed by atoms with van der Waals surface area (Å²) in [4.78, 5) is 13.8. The molecule has 14 heavy (non-hydrogen) atoms. The maximum atomic E-state index is 11.7. The van der Waals surface area contributed by atoms with Crippen molar-refractivity contribution in [2.24, 2.45) is 0 Å². The molecular formula is C11H21NO2. The Bertz CT molecular complexity index is 176. The van der Waals surface area contributed by atoms with Gasteiger partial charge in [-0.2, -0.15) is 0 Å². The van der Waals surface area contributed by atoms with Crippen molar-refractivity contribution in [2.45, 2.75) is 45.1 Å². The summed E-state index contributed by atoms with van der Waals surface area (Å²) in [5, 5.41) is 8.93. The largest absolute Gasteiger partial charge is 0.395 e. The van der Waals surface area contributed by atoms with Gasteiger partial charge in [-0.15, -0.1) is 0 Å². The monoisotopic (exact) mass is 199 g/mol. The third-order valence-corrected chi connectivity index (χ3v) is 2.86. The predicted octanol–water partition coefficient (Wildman–Crippen LogP) is 1.20. The van der Waals surface area contributed by atoms with Crippen LogP contribution in [0.5, 0.6) is 0 Å². The number of aliphatic hydroxyl groups excluding tert-OH is 1. The molecule has 1 saturated carbocycles. The van der Waals surface area contributed by atoms with Gasteiger partial charge >= 0.3 is 0 Å². The van der Waals surface area contributed by atoms with Crippen LogP contribution < -0.4 is 0 Å². The number of ketones is 1. The normalized spacial score (nSPS) is 23.1. The molecule has 0 saturated heterocycles. The molecule has 0 aromatic rings. The van der Waals surface area contributed by atoms with E-state index in [1.165, 1.54) is 0 Å². The Morgan fingerprint density at radius 3 is 2.79 bits per heavy atom. The highest BCUT2D eigenvalue weighted by Gasteiger charge is 2.26. The van der Waals surface area contributed by atoms with Crippen molar-refractivity contribution in [3.8, 4) is 0 Å². The van der Waals surface area contributed by atoms with Crippen molar-refractivity contribution in [2.75, 3.05) is 19.7 Å². The lowest BCUT2D eigenvalue weighted by Crippen LogP contribution is -2.44. The van der Waals surface area contributed by atoms with E-state index in [1.807, 2.05) is 0 Å². The number of hydrogen-bond acceptors (Lipinski definition) is 3. The SMILES string of the molecule is CCCN(CCO)C1CCCCC1=O. The van der Waals surface area contributed by atoms with Crippen LogP contribution in [-0.2, 0) is 4.79 Å². The molecule has 82 valence electrons. The Morgan fingerprint density at radius 1 is 1.43 bits per heavy atom. The molecule has 0 aliphatic heterocycles. The van der Waals surface area contributed by atoms with Crippen molar-refractivity contribution in [3.05, 3.63) is 0 Å². The van der Waals surface area contributed by atoms with Crippen molar-refractivity contribution >= 4 is 5.78 Å². The molecule has 3 heteroatoms. The van der Waals surface area contributed by atoms with E-state index in [9.17, 15) is 4.79 Å². The van der Waals surface area contributed by atoms with E-state index >= 15 is 0 Å². The van der Waals surface area contributed by atoms with E-state index in [4.69, 9.17) is 5.11 Å². The summed E-state index contributed by atoms with van der Waals surface area (Å²) in [6.07, 6.45) is 4.97. The molecule has 1 atom stereocenters. The molecule has 1 rings (SSSR count). The number of carbonyl (C=O) groups excluding carboxylic acids is 1. The van der Waals surface area contributed by atoms with Crippen LogP contribution in [0.15, 0.2) is 0 Å². The lowest BCUT2D eigenvalue weighted by molar-refractivity contribution is -0.126. The van der Waals surface area contributed by atoms with E-state index < -0.39 is 0 Å². The number of rotatable bonds is 5. The Balaban J connectivity index is 2.50. The van der Waals surface area contributed by atoms with Gasteiger partial charge in [0, 0.05) is 13.0 Å². The van der Waals surface area contributed by atoms with Gasteiger partial charge in [0.1, 0.15) is 5.78 Å². The fourth-order valence-electron chi connectivity index (χ4n) is 2.19. The van der Waals surface area contributed by atoms with Gasteiger partial charge in [0.15, 0.2) is 0 Å². The van der Waals surface area contributed by atoms with Gasteiger partial charge in [0.2, 0.25) is 0 Å². The van der Waals surface area contributed by atoms with E-state index in [2.05, 4.69) is 11.8 Å². The number of hydrogen-bond donors (Lipinski definition) is 1. The second-order valence-electron chi connectivity index (χ2n) is 3.99. The van der Waals surface area contributed by atoms with Crippen molar-refractivity contribution in [1.82, 2.24) is 4.90 Å². The summed E-state index contributed by atoms with van der Waals surface area (Å²) in [7, 11) is 0. The lowest BCUT2D eigenvalue weighted by atomic mass is 9.92. The second-order valence-corrected chi connectivity index (χ2v) is 3.99. The lowest BCUT2D eigenvalue weighted by Gasteiger charge is -2.32. The highest BCUT2D eigenvalue weighted by atomic mass is 16.3. The van der Waals surface area contributed by atoms with Crippen LogP contribution in [0.2, 0.25) is 0 Å². The van der Waals surface area contributed by atoms with Gasteiger partial charge in [0.05, 0.1) is 12.6 Å². The van der Waals surface area contributed by atoms with Crippen LogP contribution >= 0.6 is 0 Å². The number of nitrogens with zero attached hydrogens (tertiary/aromatic N) is 1. The summed E-state index contributed by atoms with van der Waals surface area (Å²) in [6, 6.07) is 0.0934. The molecule has 0 bridgehead atoms. The zero-order valence-corrected chi connectivity index (χ0v) is 9.04. The van der Waals surface area contributed by atoms with Gasteiger partial charge in [-0.05, 0) is 25.8 Å². The summed E-state index contributed by atoms with van der Waals surface area (Å²) < 4.78 is 0. The molecule has 0 spiro atoms. The first-order valence-corrected chi connectivity index (χ1v) is 5.67. The molecular weight excluding hydrogens is 178 g/mol. The molecule has 1 aliphatic rings. The van der Waals surface area contributed by atoms with Crippen LogP contribution in [0, 0.1) is 0 Å². The summed E-state index contributed by atoms with van der Waals surface area (Å²) in [6.45, 7) is 3.84. The maximum Gasteiger partial charge on any atom is 0.149 e. The summed E-state index contributed by atoms with van der Waals surface area (Å²) in [5.74, 6) is 0.373. The van der Waals surface area contributed by atoms with Crippen molar-refractivity contribution in [3.63, 3.8) is 0 Å². The molecule has 0 radical (unpaired) electrons. The van der Waals surface area contributed by atoms with Crippen LogP contribution in [0.1, 0.15) is 39.0 Å². The Kier molecular flexibility index (Phi) is 5.12. The highest BCUT2D eigenvalue weighted by molar-refractivity contribution is 5.84. The zero-order chi connectivity index (χ0) is 10.4. The van der Waals surface area contributed by atoms with Gasteiger partial charge < -0.3 is 5.11 Å². The predicted molar refractivity (Wildman–Crippen MR) is 56.2 cm³/mol. The fraction of sp³-hybridized carbons (Fsp3) is 0.909. The molecule has 1 N–H and O–H groups in total. The summed E-state index contributed by atoms with van der Waals surface area (Å²) in [5.41, 5.74) is 0. The van der Waals surface area contributed by atoms with E-state index in [0.29, 0.717) is 12.3 Å². The van der Waals surface area contributed by atoms with Crippen LogP contribution in [0.25, 0.3) is 0 Å². The first kappa shape index (κ1) is 11.7. The Morgan fingerprint density at radius 2 is 2.21 bits per heavy atom. The smallest absolute Gasteiger partial charge is 0.149 e. The number of Topliss-reactive ketones (excluding diaryl/α,β-unsaturated/α-hetero) is 1. The molecule has 0 heterocycles. The standard InChI is InChI=1S/C11H21NO2/c1-2-7-12(8-9-13)10-5-3-4-6-11(10)14/h10,13H,2-9H2,1H3. The first-order valence-electron chi connectivity index (χ1n) is 5.67. The average Bonchev–Trinajstić information content (AvgIpc) is 2.18. The molecule has 1 aliphatic carbocycles. The first-order chi connectivity index (χ1) is 6.79. The average molecular weight is 199 g/mol. The number of carbonyl (C=O) groups is 1. The van der Waals surface area contributed by atoms with Gasteiger partial charge in [-0.25, -0.2) is 0 Å². The molecule has 0 aromatic heterocycles. The van der Waals surface area contributed by atoms with Crippen LogP contribution in [0.3, 0.4) is 0 Å². The van der Waals surface area contributed by atoms with Gasteiger partial charge in [-0.1, -0.05) is 13.3 Å². The van der Waals surface area contributed by atoms with Crippen LogP contribution in [-0.4, -0.2) is 41.5 Å². The minimum absolute atomic E-state index is 0.0934. The van der Waals surface area contributed by atoms with E-state index in [1.54, 1.807) is 0 Å². The molecule has 0 amide bonds. The van der Waals surface area contributed by atoms with Gasteiger partial charge in [0.25, 0.3) is 0 Å². The Hall–Kier alpha value is -0.410. The molecule has 0 aromatic carbocycles. The molecule has 3 nitrogen and oxygen atoms in total. The topological polar surface area (TPSA) is 40.5 Å². The minimum atomic E-state index is 0.0934. The maximum absolute atomic E-state index is 11.7. The third kappa shape index (κ3) is 3.07. The van der Waals surface area contributed by atoms with Crippen molar-refractivity contribution in [1.29, 1.82) is 0 Å². The zero-order valence-electron chi connectivity index (χ0n) is 9.04. The quantitative estimate of drug-likeness (QED) is 0.723.